The Bertz CT molecular complexity index is 1280. The highest BCUT2D eigenvalue weighted by atomic mass is 32.1. The fourth-order valence-corrected chi connectivity index (χ4v) is 6.15. The summed E-state index contributed by atoms with van der Waals surface area (Å²) in [5, 5.41) is 16.8. The van der Waals surface area contributed by atoms with Gasteiger partial charge in [0.2, 0.25) is 11.8 Å². The Labute approximate surface area is 226 Å². The van der Waals surface area contributed by atoms with E-state index < -0.39 is 11.5 Å². The van der Waals surface area contributed by atoms with Gasteiger partial charge < -0.3 is 10.6 Å². The van der Waals surface area contributed by atoms with Crippen LogP contribution in [0.1, 0.15) is 52.7 Å². The van der Waals surface area contributed by atoms with Crippen LogP contribution in [-0.2, 0) is 35.5 Å². The van der Waals surface area contributed by atoms with Crippen LogP contribution in [0.4, 0.5) is 0 Å². The summed E-state index contributed by atoms with van der Waals surface area (Å²) in [6, 6.07) is 11.1. The van der Waals surface area contributed by atoms with E-state index in [2.05, 4.69) is 25.8 Å². The van der Waals surface area contributed by atoms with E-state index in [1.165, 1.54) is 11.3 Å². The molecule has 1 atom stereocenters. The van der Waals surface area contributed by atoms with Crippen molar-refractivity contribution in [1.29, 1.82) is 0 Å². The third-order valence-electron chi connectivity index (χ3n) is 7.58. The number of piperidine rings is 1. The quantitative estimate of drug-likeness (QED) is 0.487. The van der Waals surface area contributed by atoms with Gasteiger partial charge in [0.05, 0.1) is 16.0 Å². The molecule has 1 spiro atoms. The van der Waals surface area contributed by atoms with Crippen molar-refractivity contribution in [2.45, 2.75) is 58.2 Å². The molecule has 0 unspecified atom stereocenters. The molecule has 1 aromatic carbocycles. The van der Waals surface area contributed by atoms with Crippen LogP contribution in [0.15, 0.2) is 48.0 Å². The molecule has 10 heteroatoms. The zero-order valence-electron chi connectivity index (χ0n) is 21.7. The van der Waals surface area contributed by atoms with Crippen molar-refractivity contribution in [1.82, 2.24) is 30.5 Å². The number of hydrogen-bond donors (Lipinski definition) is 2. The minimum absolute atomic E-state index is 0.0849. The molecule has 1 saturated heterocycles. The zero-order valence-corrected chi connectivity index (χ0v) is 22.5. The molecule has 4 heterocycles. The molecular weight excluding hydrogens is 500 g/mol. The monoisotopic (exact) mass is 534 g/mol. The van der Waals surface area contributed by atoms with Crippen LogP contribution in [0.2, 0.25) is 0 Å². The number of rotatable bonds is 5. The van der Waals surface area contributed by atoms with E-state index in [-0.39, 0.29) is 17.6 Å². The number of aryl methyl sites for hydroxylation is 1. The molecule has 0 aliphatic carbocycles. The van der Waals surface area contributed by atoms with Crippen LogP contribution >= 0.6 is 11.3 Å². The first kappa shape index (κ1) is 26.2. The van der Waals surface area contributed by atoms with Crippen molar-refractivity contribution in [2.24, 2.45) is 5.41 Å². The predicted molar refractivity (Wildman–Crippen MR) is 145 cm³/mol. The highest BCUT2D eigenvalue weighted by Crippen LogP contribution is 2.36. The van der Waals surface area contributed by atoms with Gasteiger partial charge >= 0.3 is 0 Å². The van der Waals surface area contributed by atoms with E-state index in [4.69, 9.17) is 0 Å². The minimum Gasteiger partial charge on any atom is -0.354 e. The number of hydrogen-bond acceptors (Lipinski definition) is 7. The van der Waals surface area contributed by atoms with E-state index >= 15 is 0 Å². The first-order valence-electron chi connectivity index (χ1n) is 13.2. The van der Waals surface area contributed by atoms with E-state index in [9.17, 15) is 14.4 Å². The second-order valence-corrected chi connectivity index (χ2v) is 11.4. The van der Waals surface area contributed by atoms with E-state index in [1.54, 1.807) is 11.6 Å². The average molecular weight is 535 g/mol. The first-order chi connectivity index (χ1) is 18.4. The maximum Gasteiger partial charge on any atom is 0.242 e. The van der Waals surface area contributed by atoms with Crippen molar-refractivity contribution in [3.8, 4) is 0 Å². The summed E-state index contributed by atoms with van der Waals surface area (Å²) >= 11 is 1.48. The van der Waals surface area contributed by atoms with Crippen molar-refractivity contribution in [2.75, 3.05) is 19.6 Å². The van der Waals surface area contributed by atoms with Crippen molar-refractivity contribution in [3.63, 3.8) is 0 Å². The number of benzene rings is 1. The lowest BCUT2D eigenvalue weighted by molar-refractivity contribution is -0.137. The molecule has 38 heavy (non-hydrogen) atoms. The molecule has 200 valence electrons. The highest BCUT2D eigenvalue weighted by molar-refractivity contribution is 7.12. The van der Waals surface area contributed by atoms with E-state index in [0.29, 0.717) is 38.8 Å². The molecule has 5 rings (SSSR count). The molecule has 2 amide bonds. The van der Waals surface area contributed by atoms with Gasteiger partial charge in [-0.05, 0) is 61.8 Å². The summed E-state index contributed by atoms with van der Waals surface area (Å²) in [5.74, 6) is -0.177. The summed E-state index contributed by atoms with van der Waals surface area (Å²) < 4.78 is 1.80. The van der Waals surface area contributed by atoms with Crippen LogP contribution in [0.25, 0.3) is 0 Å². The second-order valence-electron chi connectivity index (χ2n) is 10.4. The number of carbonyl (C=O) groups excluding carboxylic acids is 3. The lowest BCUT2D eigenvalue weighted by Gasteiger charge is -2.41. The molecule has 2 bridgehead atoms. The van der Waals surface area contributed by atoms with Gasteiger partial charge in [-0.3, -0.25) is 24.0 Å². The zero-order chi connectivity index (χ0) is 26.5. The smallest absolute Gasteiger partial charge is 0.242 e. The number of thiophene rings is 1. The number of likely N-dealkylation sites (tertiary alicyclic amines) is 1. The second kappa shape index (κ2) is 11.6. The summed E-state index contributed by atoms with van der Waals surface area (Å²) in [5.41, 5.74) is 2.25. The number of fused-ring (bicyclic) bond motifs is 2. The third-order valence-corrected chi connectivity index (χ3v) is 8.65. The summed E-state index contributed by atoms with van der Waals surface area (Å²) in [6.07, 6.45) is 4.88. The highest BCUT2D eigenvalue weighted by Gasteiger charge is 2.43. The van der Waals surface area contributed by atoms with Gasteiger partial charge in [-0.25, -0.2) is 0 Å². The Hall–Kier alpha value is -3.37. The molecular formula is C28H34N6O3S. The van der Waals surface area contributed by atoms with E-state index in [1.807, 2.05) is 48.0 Å². The number of nitrogens with zero attached hydrogens (tertiary/aromatic N) is 4. The topological polar surface area (TPSA) is 109 Å². The number of ketones is 1. The van der Waals surface area contributed by atoms with Crippen molar-refractivity contribution < 1.29 is 14.4 Å². The van der Waals surface area contributed by atoms with Gasteiger partial charge in [0.25, 0.3) is 0 Å². The van der Waals surface area contributed by atoms with Gasteiger partial charge in [-0.2, -0.15) is 0 Å². The number of Topliss-reactive ketones (excluding diaryl/α,β-unsaturated/α-hetero) is 1. The molecule has 0 saturated carbocycles. The first-order valence-corrected chi connectivity index (χ1v) is 14.1. The Balaban J connectivity index is 1.35. The van der Waals surface area contributed by atoms with Crippen LogP contribution in [0.3, 0.4) is 0 Å². The lowest BCUT2D eigenvalue weighted by Crippen LogP contribution is -2.56. The molecule has 3 aromatic rings. The number of carbonyl (C=O) groups is 3. The Kier molecular flexibility index (Phi) is 7.99. The summed E-state index contributed by atoms with van der Waals surface area (Å²) in [7, 11) is 0. The lowest BCUT2D eigenvalue weighted by atomic mass is 9.73. The van der Waals surface area contributed by atoms with Gasteiger partial charge in [0, 0.05) is 38.7 Å². The standard InChI is InChI=1S/C28H34N6O3S/c1-20(35)25-15-22(19-38-25)17-33-12-8-28(9-13-33)16-23-18-34(32-31-23)11-5-10-29-26(36)24(30-27(28)37)14-21-6-3-2-4-7-21/h2-4,6-7,15,18-19,24H,5,8-14,16-17H2,1H3,(H,29,36)(H,30,37)/t24-/m0/s1. The summed E-state index contributed by atoms with van der Waals surface area (Å²) in [6.45, 7) is 4.97. The van der Waals surface area contributed by atoms with E-state index in [0.717, 1.165) is 47.8 Å². The summed E-state index contributed by atoms with van der Waals surface area (Å²) in [4.78, 5) is 42.0. The fourth-order valence-electron chi connectivity index (χ4n) is 5.35. The van der Waals surface area contributed by atoms with Crippen LogP contribution in [0, 0.1) is 5.41 Å². The van der Waals surface area contributed by atoms with Crippen molar-refractivity contribution >= 4 is 28.9 Å². The van der Waals surface area contributed by atoms with Crippen LogP contribution < -0.4 is 10.6 Å². The maximum atomic E-state index is 14.0. The fraction of sp³-hybridized carbons (Fsp3) is 0.464. The van der Waals surface area contributed by atoms with Crippen LogP contribution in [0.5, 0.6) is 0 Å². The van der Waals surface area contributed by atoms with Gasteiger partial charge in [0.1, 0.15) is 6.04 Å². The van der Waals surface area contributed by atoms with Gasteiger partial charge in [-0.1, -0.05) is 35.5 Å². The minimum atomic E-state index is -0.681. The van der Waals surface area contributed by atoms with Gasteiger partial charge in [-0.15, -0.1) is 16.4 Å². The molecule has 2 N–H and O–H groups in total. The Morgan fingerprint density at radius 2 is 1.92 bits per heavy atom. The van der Waals surface area contributed by atoms with Gasteiger partial charge in [0.15, 0.2) is 5.78 Å². The molecule has 2 aliphatic rings. The molecule has 9 nitrogen and oxygen atoms in total. The van der Waals surface area contributed by atoms with Crippen molar-refractivity contribution in [3.05, 3.63) is 69.7 Å². The molecule has 0 radical (unpaired) electrons. The predicted octanol–water partition coefficient (Wildman–Crippen LogP) is 2.61. The largest absolute Gasteiger partial charge is 0.354 e. The normalized spacial score (nSPS) is 20.6. The average Bonchev–Trinajstić information content (AvgIpc) is 3.57. The molecule has 2 aromatic heterocycles. The number of nitrogens with one attached hydrogen (secondary N) is 2. The molecule has 2 aliphatic heterocycles. The SMILES string of the molecule is CC(=O)c1cc(CN2CCC3(CC2)Cc2cn(nn2)CCCNC(=O)[C@H](Cc2ccccc2)NC3=O)cs1. The number of aromatic nitrogens is 3. The third kappa shape index (κ3) is 6.19. The number of amides is 2. The van der Waals surface area contributed by atoms with Crippen LogP contribution in [-0.4, -0.2) is 63.2 Å². The maximum absolute atomic E-state index is 14.0. The Morgan fingerprint density at radius 3 is 2.66 bits per heavy atom. The Morgan fingerprint density at radius 1 is 1.13 bits per heavy atom. The molecule has 1 fully saturated rings.